The van der Waals surface area contributed by atoms with Gasteiger partial charge in [0, 0.05) is 31.9 Å². The fourth-order valence-corrected chi connectivity index (χ4v) is 2.82. The topological polar surface area (TPSA) is 81.6 Å². The Bertz CT molecular complexity index is 543. The summed E-state index contributed by atoms with van der Waals surface area (Å²) in [6.45, 7) is 3.20. The molecule has 0 N–H and O–H groups in total. The van der Waals surface area contributed by atoms with Crippen LogP contribution in [0.2, 0.25) is 0 Å². The fourth-order valence-electron chi connectivity index (χ4n) is 2.82. The molecule has 2 aliphatic heterocycles. The van der Waals surface area contributed by atoms with Crippen LogP contribution in [0, 0.1) is 5.92 Å². The van der Waals surface area contributed by atoms with Crippen molar-refractivity contribution in [3.63, 3.8) is 0 Å². The lowest BCUT2D eigenvalue weighted by Gasteiger charge is -2.31. The number of carbonyl (C=O) groups is 2. The van der Waals surface area contributed by atoms with E-state index < -0.39 is 12.1 Å². The first-order chi connectivity index (χ1) is 10.6. The molecule has 2 fully saturated rings. The molecule has 0 bridgehead atoms. The summed E-state index contributed by atoms with van der Waals surface area (Å²) in [7, 11) is 0. The number of cyclic esters (lactones) is 1. The molecule has 118 valence electrons. The molecule has 7 nitrogen and oxygen atoms in total. The third-order valence-electron chi connectivity index (χ3n) is 4.05. The lowest BCUT2D eigenvalue weighted by molar-refractivity contribution is -0.164. The highest BCUT2D eigenvalue weighted by molar-refractivity contribution is 5.81. The van der Waals surface area contributed by atoms with Gasteiger partial charge < -0.3 is 14.4 Å². The van der Waals surface area contributed by atoms with Gasteiger partial charge >= 0.3 is 11.9 Å². The molecule has 3 rings (SSSR count). The summed E-state index contributed by atoms with van der Waals surface area (Å²) in [4.78, 5) is 34.2. The molecule has 0 saturated carbocycles. The molecule has 0 amide bonds. The maximum absolute atomic E-state index is 12.2. The van der Waals surface area contributed by atoms with Crippen LogP contribution in [-0.2, 0) is 19.1 Å². The summed E-state index contributed by atoms with van der Waals surface area (Å²) >= 11 is 0. The molecule has 7 heteroatoms. The van der Waals surface area contributed by atoms with Crippen LogP contribution in [0.4, 0.5) is 5.95 Å². The van der Waals surface area contributed by atoms with Crippen molar-refractivity contribution in [2.45, 2.75) is 38.4 Å². The zero-order chi connectivity index (χ0) is 15.5. The van der Waals surface area contributed by atoms with E-state index in [1.807, 2.05) is 0 Å². The van der Waals surface area contributed by atoms with Gasteiger partial charge in [0.05, 0.1) is 5.92 Å². The third kappa shape index (κ3) is 3.18. The minimum atomic E-state index is -0.738. The van der Waals surface area contributed by atoms with Gasteiger partial charge in [-0.25, -0.2) is 14.8 Å². The van der Waals surface area contributed by atoms with Gasteiger partial charge in [0.2, 0.25) is 12.1 Å². The average Bonchev–Trinajstić information content (AvgIpc) is 2.86. The van der Waals surface area contributed by atoms with Gasteiger partial charge in [-0.3, -0.25) is 4.79 Å². The van der Waals surface area contributed by atoms with Crippen LogP contribution in [-0.4, -0.2) is 47.2 Å². The summed E-state index contributed by atoms with van der Waals surface area (Å²) in [6, 6.07) is 1.77. The Labute approximate surface area is 128 Å². The smallest absolute Gasteiger partial charge is 0.347 e. The Hall–Kier alpha value is -2.18. The summed E-state index contributed by atoms with van der Waals surface area (Å²) in [5.41, 5.74) is 0. The second-order valence-electron chi connectivity index (χ2n) is 5.72. The van der Waals surface area contributed by atoms with Crippen LogP contribution < -0.4 is 4.90 Å². The molecule has 2 unspecified atom stereocenters. The average molecular weight is 305 g/mol. The second kappa shape index (κ2) is 6.29. The standard InChI is InChI=1S/C15H19N3O4/c1-10-9-12(14(20)21-10)22-13(19)11-3-7-18(8-4-11)15-16-5-2-6-17-15/h2,5-6,10-12H,3-4,7-9H2,1H3. The molecule has 1 aromatic heterocycles. The number of hydrogen-bond donors (Lipinski definition) is 0. The van der Waals surface area contributed by atoms with E-state index in [2.05, 4.69) is 14.9 Å². The van der Waals surface area contributed by atoms with Gasteiger partial charge in [0.1, 0.15) is 6.10 Å². The van der Waals surface area contributed by atoms with Crippen molar-refractivity contribution in [2.75, 3.05) is 18.0 Å². The lowest BCUT2D eigenvalue weighted by Crippen LogP contribution is -2.39. The van der Waals surface area contributed by atoms with Crippen LogP contribution in [0.25, 0.3) is 0 Å². The van der Waals surface area contributed by atoms with E-state index in [0.717, 1.165) is 0 Å². The van der Waals surface area contributed by atoms with Crippen molar-refractivity contribution < 1.29 is 19.1 Å². The predicted octanol–water partition coefficient (Wildman–Crippen LogP) is 0.940. The van der Waals surface area contributed by atoms with Gasteiger partial charge in [-0.05, 0) is 25.8 Å². The molecular formula is C15H19N3O4. The molecular weight excluding hydrogens is 286 g/mol. The fraction of sp³-hybridized carbons (Fsp3) is 0.600. The summed E-state index contributed by atoms with van der Waals surface area (Å²) < 4.78 is 10.3. The first kappa shape index (κ1) is 14.7. The molecule has 2 saturated heterocycles. The van der Waals surface area contributed by atoms with Crippen molar-refractivity contribution in [2.24, 2.45) is 5.92 Å². The van der Waals surface area contributed by atoms with E-state index in [1.165, 1.54) is 0 Å². The van der Waals surface area contributed by atoms with Crippen LogP contribution >= 0.6 is 0 Å². The number of ether oxygens (including phenoxy) is 2. The highest BCUT2D eigenvalue weighted by Crippen LogP contribution is 2.24. The summed E-state index contributed by atoms with van der Waals surface area (Å²) in [5.74, 6) is -0.230. The van der Waals surface area contributed by atoms with Crippen molar-refractivity contribution in [1.29, 1.82) is 0 Å². The van der Waals surface area contributed by atoms with Gasteiger partial charge in [-0.2, -0.15) is 0 Å². The van der Waals surface area contributed by atoms with E-state index in [4.69, 9.17) is 9.47 Å². The second-order valence-corrected chi connectivity index (χ2v) is 5.72. The van der Waals surface area contributed by atoms with Gasteiger partial charge in [0.15, 0.2) is 0 Å². The summed E-state index contributed by atoms with van der Waals surface area (Å²) in [6.07, 6.45) is 4.29. The van der Waals surface area contributed by atoms with Gasteiger partial charge in [-0.15, -0.1) is 0 Å². The highest BCUT2D eigenvalue weighted by Gasteiger charge is 2.37. The highest BCUT2D eigenvalue weighted by atomic mass is 16.6. The van der Waals surface area contributed by atoms with E-state index in [0.29, 0.717) is 38.3 Å². The van der Waals surface area contributed by atoms with E-state index in [9.17, 15) is 9.59 Å². The number of piperidine rings is 1. The molecule has 1 aromatic rings. The largest absolute Gasteiger partial charge is 0.460 e. The first-order valence-electron chi connectivity index (χ1n) is 7.56. The number of hydrogen-bond acceptors (Lipinski definition) is 7. The van der Waals surface area contributed by atoms with Crippen LogP contribution in [0.5, 0.6) is 0 Å². The monoisotopic (exact) mass is 305 g/mol. The predicted molar refractivity (Wildman–Crippen MR) is 77.0 cm³/mol. The first-order valence-corrected chi connectivity index (χ1v) is 7.56. The molecule has 0 spiro atoms. The number of carbonyl (C=O) groups excluding carboxylic acids is 2. The quantitative estimate of drug-likeness (QED) is 0.769. The van der Waals surface area contributed by atoms with E-state index in [-0.39, 0.29) is 18.0 Å². The van der Waals surface area contributed by atoms with Gasteiger partial charge in [-0.1, -0.05) is 0 Å². The maximum atomic E-state index is 12.2. The Morgan fingerprint density at radius 2 is 2.00 bits per heavy atom. The van der Waals surface area contributed by atoms with Crippen molar-refractivity contribution >= 4 is 17.9 Å². The van der Waals surface area contributed by atoms with E-state index >= 15 is 0 Å². The minimum Gasteiger partial charge on any atom is -0.460 e. The number of nitrogens with zero attached hydrogens (tertiary/aromatic N) is 3. The van der Waals surface area contributed by atoms with Crippen LogP contribution in [0.1, 0.15) is 26.2 Å². The van der Waals surface area contributed by atoms with Gasteiger partial charge in [0.25, 0.3) is 0 Å². The Morgan fingerprint density at radius 1 is 1.32 bits per heavy atom. The third-order valence-corrected chi connectivity index (χ3v) is 4.05. The van der Waals surface area contributed by atoms with Crippen LogP contribution in [0.3, 0.4) is 0 Å². The maximum Gasteiger partial charge on any atom is 0.347 e. The van der Waals surface area contributed by atoms with E-state index in [1.54, 1.807) is 25.4 Å². The Balaban J connectivity index is 1.51. The number of esters is 2. The SMILES string of the molecule is CC1CC(OC(=O)C2CCN(c3ncccn3)CC2)C(=O)O1. The molecule has 0 radical (unpaired) electrons. The molecule has 22 heavy (non-hydrogen) atoms. The minimum absolute atomic E-state index is 0.177. The zero-order valence-corrected chi connectivity index (χ0v) is 12.5. The van der Waals surface area contributed by atoms with Crippen LogP contribution in [0.15, 0.2) is 18.5 Å². The normalized spacial score (nSPS) is 25.9. The summed E-state index contributed by atoms with van der Waals surface area (Å²) in [5, 5.41) is 0. The number of aromatic nitrogens is 2. The molecule has 2 atom stereocenters. The lowest BCUT2D eigenvalue weighted by atomic mass is 9.97. The Morgan fingerprint density at radius 3 is 2.59 bits per heavy atom. The van der Waals surface area contributed by atoms with Crippen molar-refractivity contribution in [3.8, 4) is 0 Å². The zero-order valence-electron chi connectivity index (χ0n) is 12.5. The number of rotatable bonds is 3. The molecule has 0 aliphatic carbocycles. The number of anilines is 1. The molecule has 2 aliphatic rings. The molecule has 3 heterocycles. The Kier molecular flexibility index (Phi) is 4.22. The van der Waals surface area contributed by atoms with Crippen molar-refractivity contribution in [1.82, 2.24) is 9.97 Å². The molecule has 0 aromatic carbocycles. The van der Waals surface area contributed by atoms with Crippen molar-refractivity contribution in [3.05, 3.63) is 18.5 Å².